The minimum absolute atomic E-state index is 0.00438. The number of aromatic nitrogens is 4. The van der Waals surface area contributed by atoms with Gasteiger partial charge in [0.15, 0.2) is 6.04 Å². The smallest absolute Gasteiger partial charge is 0.375 e. The fourth-order valence-electron chi connectivity index (χ4n) is 4.51. The second kappa shape index (κ2) is 10.7. The summed E-state index contributed by atoms with van der Waals surface area (Å²) < 4.78 is 72.6. The van der Waals surface area contributed by atoms with Crippen LogP contribution >= 0.6 is 11.6 Å². The Labute approximate surface area is 222 Å². The first-order chi connectivity index (χ1) is 17.8. The molecule has 3 heterocycles. The number of anilines is 2. The lowest BCUT2D eigenvalue weighted by Crippen LogP contribution is -2.44. The molecule has 2 atom stereocenters. The van der Waals surface area contributed by atoms with E-state index in [-0.39, 0.29) is 41.0 Å². The van der Waals surface area contributed by atoms with Crippen molar-refractivity contribution in [1.82, 2.24) is 24.5 Å². The summed E-state index contributed by atoms with van der Waals surface area (Å²) in [5.41, 5.74) is 1.35. The van der Waals surface area contributed by atoms with Crippen LogP contribution in [0.25, 0.3) is 5.78 Å². The molecule has 1 aliphatic heterocycles. The van der Waals surface area contributed by atoms with Gasteiger partial charge in [-0.2, -0.15) is 22.7 Å². The molecule has 0 unspecified atom stereocenters. The van der Waals surface area contributed by atoms with Gasteiger partial charge in [-0.3, -0.25) is 4.79 Å². The van der Waals surface area contributed by atoms with E-state index < -0.39 is 40.0 Å². The normalized spacial score (nSPS) is 17.8. The van der Waals surface area contributed by atoms with Gasteiger partial charge in [-0.05, 0) is 49.1 Å². The van der Waals surface area contributed by atoms with Gasteiger partial charge in [0.2, 0.25) is 11.2 Å². The summed E-state index contributed by atoms with van der Waals surface area (Å²) in [4.78, 5) is 21.8. The van der Waals surface area contributed by atoms with Crippen molar-refractivity contribution in [2.45, 2.75) is 38.1 Å². The second-order valence-electron chi connectivity index (χ2n) is 9.09. The number of benzene rings is 1. The van der Waals surface area contributed by atoms with Crippen molar-refractivity contribution in [1.29, 1.82) is 0 Å². The van der Waals surface area contributed by atoms with Crippen LogP contribution in [-0.4, -0.2) is 70.6 Å². The number of hydrogen-bond acceptors (Lipinski definition) is 8. The number of sulfone groups is 1. The van der Waals surface area contributed by atoms with E-state index in [4.69, 9.17) is 16.3 Å². The zero-order valence-corrected chi connectivity index (χ0v) is 22.3. The molecule has 0 radical (unpaired) electrons. The molecule has 1 saturated heterocycles. The third-order valence-corrected chi connectivity index (χ3v) is 8.45. The van der Waals surface area contributed by atoms with Crippen LogP contribution in [0.1, 0.15) is 43.2 Å². The van der Waals surface area contributed by atoms with Crippen LogP contribution in [0.5, 0.6) is 0 Å². The van der Waals surface area contributed by atoms with E-state index in [0.717, 1.165) is 7.05 Å². The molecule has 1 N–H and O–H groups in total. The topological polar surface area (TPSA) is 119 Å². The number of carbonyl (C=O) groups excluding carboxylic acids is 1. The minimum atomic E-state index is -4.75. The molecule has 0 saturated carbocycles. The highest BCUT2D eigenvalue weighted by molar-refractivity contribution is 7.91. The quantitative estimate of drug-likeness (QED) is 0.448. The molecular formula is C23H26ClF3N6O4S. The lowest BCUT2D eigenvalue weighted by molar-refractivity contribution is -0.190. The molecule has 10 nitrogen and oxygen atoms in total. The van der Waals surface area contributed by atoms with Gasteiger partial charge in [0.1, 0.15) is 9.84 Å². The van der Waals surface area contributed by atoms with Crippen LogP contribution in [0.15, 0.2) is 30.5 Å². The Morgan fingerprint density at radius 1 is 1.24 bits per heavy atom. The van der Waals surface area contributed by atoms with Crippen LogP contribution in [0, 0.1) is 5.92 Å². The van der Waals surface area contributed by atoms with Gasteiger partial charge in [0.25, 0.3) is 5.78 Å². The second-order valence-corrected chi connectivity index (χ2v) is 11.7. The van der Waals surface area contributed by atoms with Crippen molar-refractivity contribution >= 4 is 44.5 Å². The molecule has 0 aliphatic carbocycles. The molecule has 1 aliphatic rings. The van der Waals surface area contributed by atoms with E-state index in [1.54, 1.807) is 6.92 Å². The summed E-state index contributed by atoms with van der Waals surface area (Å²) in [6.07, 6.45) is -3.69. The van der Waals surface area contributed by atoms with Crippen molar-refractivity contribution < 1.29 is 31.1 Å². The third kappa shape index (κ3) is 5.86. The maximum atomic E-state index is 14.1. The Kier molecular flexibility index (Phi) is 7.86. The molecule has 38 heavy (non-hydrogen) atoms. The van der Waals surface area contributed by atoms with Crippen molar-refractivity contribution in [2.75, 3.05) is 31.0 Å². The molecule has 15 heteroatoms. The number of rotatable bonds is 7. The summed E-state index contributed by atoms with van der Waals surface area (Å²) in [5.74, 6) is -1.67. The van der Waals surface area contributed by atoms with Crippen LogP contribution < -0.4 is 5.32 Å². The van der Waals surface area contributed by atoms with Crippen LogP contribution in [0.3, 0.4) is 0 Å². The molecule has 1 amide bonds. The first-order valence-electron chi connectivity index (χ1n) is 11.7. The van der Waals surface area contributed by atoms with Crippen molar-refractivity contribution in [3.8, 4) is 0 Å². The van der Waals surface area contributed by atoms with Crippen LogP contribution in [0.2, 0.25) is 5.28 Å². The first-order valence-corrected chi connectivity index (χ1v) is 13.9. The van der Waals surface area contributed by atoms with E-state index in [1.807, 2.05) is 0 Å². The highest BCUT2D eigenvalue weighted by atomic mass is 35.5. The van der Waals surface area contributed by atoms with E-state index in [0.29, 0.717) is 22.0 Å². The molecule has 0 bridgehead atoms. The fourth-order valence-corrected chi connectivity index (χ4v) is 6.16. The molecule has 3 aromatic rings. The number of methoxy groups -OCH3 is 1. The zero-order valence-electron chi connectivity index (χ0n) is 20.7. The summed E-state index contributed by atoms with van der Waals surface area (Å²) in [6, 6.07) is 3.29. The number of nitrogens with one attached hydrogen (secondary N) is 1. The zero-order chi connectivity index (χ0) is 27.8. The standard InChI is InChI=1S/C23H26ClF3N6O4S/c1-13(37-3)18-17(12-28-22-30-21(24)31-33(18)22)29-16-6-4-14(5-7-16)19(23(25,26)27)32(2)20(34)15-8-10-38(35,36)11-9-15/h4-7,12-13,15,19,29H,8-11H2,1-3H3/t13-,19+/m0/s1. The first kappa shape index (κ1) is 28.0. The van der Waals surface area contributed by atoms with E-state index in [9.17, 15) is 26.4 Å². The van der Waals surface area contributed by atoms with E-state index in [2.05, 4.69) is 20.4 Å². The number of carbonyl (C=O) groups is 1. The highest BCUT2D eigenvalue weighted by Crippen LogP contribution is 2.39. The monoisotopic (exact) mass is 574 g/mol. The molecule has 0 spiro atoms. The Bertz CT molecular complexity index is 1420. The molecule has 2 aromatic heterocycles. The predicted octanol–water partition coefficient (Wildman–Crippen LogP) is 4.12. The highest BCUT2D eigenvalue weighted by Gasteiger charge is 2.46. The van der Waals surface area contributed by atoms with Gasteiger partial charge < -0.3 is 15.0 Å². The average molecular weight is 575 g/mol. The maximum Gasteiger partial charge on any atom is 0.413 e. The Morgan fingerprint density at radius 2 is 1.87 bits per heavy atom. The molecule has 4 rings (SSSR count). The number of alkyl halides is 3. The van der Waals surface area contributed by atoms with Crippen molar-refractivity contribution in [3.05, 3.63) is 47.0 Å². The Balaban J connectivity index is 1.59. The lowest BCUT2D eigenvalue weighted by atomic mass is 9.98. The largest absolute Gasteiger partial charge is 0.413 e. The van der Waals surface area contributed by atoms with Crippen molar-refractivity contribution in [3.63, 3.8) is 0 Å². The fraction of sp³-hybridized carbons (Fsp3) is 0.478. The van der Waals surface area contributed by atoms with Gasteiger partial charge in [-0.25, -0.2) is 13.4 Å². The predicted molar refractivity (Wildman–Crippen MR) is 134 cm³/mol. The number of ether oxygens (including phenoxy) is 1. The van der Waals surface area contributed by atoms with E-state index >= 15 is 0 Å². The minimum Gasteiger partial charge on any atom is -0.375 e. The van der Waals surface area contributed by atoms with Crippen molar-refractivity contribution in [2.24, 2.45) is 5.92 Å². The average Bonchev–Trinajstić information content (AvgIpc) is 3.23. The van der Waals surface area contributed by atoms with Gasteiger partial charge in [0, 0.05) is 25.8 Å². The van der Waals surface area contributed by atoms with E-state index in [1.165, 1.54) is 42.1 Å². The Morgan fingerprint density at radius 3 is 2.45 bits per heavy atom. The summed E-state index contributed by atoms with van der Waals surface area (Å²) >= 11 is 5.92. The SMILES string of the molecule is CO[C@@H](C)c1c(Nc2ccc([C@@H](N(C)C(=O)C3CCS(=O)(=O)CC3)C(F)(F)F)cc2)cnc2nc(Cl)nn12. The molecule has 206 valence electrons. The molecule has 1 aromatic carbocycles. The number of halogens is 4. The van der Waals surface area contributed by atoms with Gasteiger partial charge >= 0.3 is 6.18 Å². The van der Waals surface area contributed by atoms with Crippen LogP contribution in [0.4, 0.5) is 24.5 Å². The third-order valence-electron chi connectivity index (χ3n) is 6.57. The summed E-state index contributed by atoms with van der Waals surface area (Å²) in [6.45, 7) is 1.78. The Hall–Kier alpha value is -2.97. The number of nitrogens with zero attached hydrogens (tertiary/aromatic N) is 5. The summed E-state index contributed by atoms with van der Waals surface area (Å²) in [5, 5.41) is 7.23. The molecular weight excluding hydrogens is 549 g/mol. The molecule has 1 fully saturated rings. The lowest BCUT2D eigenvalue weighted by Gasteiger charge is -2.34. The van der Waals surface area contributed by atoms with Gasteiger partial charge in [0.05, 0.1) is 35.2 Å². The number of amides is 1. The number of hydrogen-bond donors (Lipinski definition) is 1. The maximum absolute atomic E-state index is 14.1. The van der Waals surface area contributed by atoms with Gasteiger partial charge in [-0.1, -0.05) is 12.1 Å². The number of fused-ring (bicyclic) bond motifs is 1. The van der Waals surface area contributed by atoms with Gasteiger partial charge in [-0.15, -0.1) is 5.10 Å². The van der Waals surface area contributed by atoms with Crippen LogP contribution in [-0.2, 0) is 19.4 Å². The summed E-state index contributed by atoms with van der Waals surface area (Å²) in [7, 11) is -0.651.